The SMILES string of the molecule is CCc1ccc(Cc2ccc(C=O)cc2OCc2ccccc2)cc1. The maximum absolute atomic E-state index is 11.1. The normalized spacial score (nSPS) is 10.4. The zero-order valence-corrected chi connectivity index (χ0v) is 14.4. The van der Waals surface area contributed by atoms with Crippen LogP contribution in [0, 0.1) is 0 Å². The summed E-state index contributed by atoms with van der Waals surface area (Å²) in [4.78, 5) is 11.1. The molecule has 0 heterocycles. The highest BCUT2D eigenvalue weighted by Gasteiger charge is 2.07. The summed E-state index contributed by atoms with van der Waals surface area (Å²) in [7, 11) is 0. The van der Waals surface area contributed by atoms with E-state index in [1.165, 1.54) is 11.1 Å². The molecule has 0 atom stereocenters. The van der Waals surface area contributed by atoms with Crippen LogP contribution in [-0.4, -0.2) is 6.29 Å². The first kappa shape index (κ1) is 17.0. The van der Waals surface area contributed by atoms with Crippen LogP contribution in [0.3, 0.4) is 0 Å². The van der Waals surface area contributed by atoms with Crippen LogP contribution in [0.5, 0.6) is 5.75 Å². The summed E-state index contributed by atoms with van der Waals surface area (Å²) in [6.07, 6.45) is 2.68. The van der Waals surface area contributed by atoms with Crippen LogP contribution in [-0.2, 0) is 19.4 Å². The zero-order valence-electron chi connectivity index (χ0n) is 14.4. The molecule has 0 aliphatic heterocycles. The minimum atomic E-state index is 0.491. The Morgan fingerprint density at radius 3 is 2.24 bits per heavy atom. The Labute approximate surface area is 149 Å². The largest absolute Gasteiger partial charge is 0.489 e. The molecule has 126 valence electrons. The van der Waals surface area contributed by atoms with Crippen molar-refractivity contribution in [2.45, 2.75) is 26.4 Å². The minimum Gasteiger partial charge on any atom is -0.489 e. The number of hydrogen-bond donors (Lipinski definition) is 0. The molecule has 0 aliphatic rings. The standard InChI is InChI=1S/C23H22O2/c1-2-18-8-10-19(11-9-18)14-22-13-12-21(16-24)15-23(22)25-17-20-6-4-3-5-7-20/h3-13,15-16H,2,14,17H2,1H3. The summed E-state index contributed by atoms with van der Waals surface area (Å²) in [6, 6.07) is 24.4. The van der Waals surface area contributed by atoms with Gasteiger partial charge < -0.3 is 4.74 Å². The Bertz CT molecular complexity index is 820. The van der Waals surface area contributed by atoms with Crippen LogP contribution in [0.15, 0.2) is 72.8 Å². The van der Waals surface area contributed by atoms with Gasteiger partial charge in [0.1, 0.15) is 18.6 Å². The molecule has 0 bridgehead atoms. The third-order valence-electron chi connectivity index (χ3n) is 4.29. The Hall–Kier alpha value is -2.87. The van der Waals surface area contributed by atoms with Gasteiger partial charge in [0.2, 0.25) is 0 Å². The summed E-state index contributed by atoms with van der Waals surface area (Å²) in [5, 5.41) is 0. The van der Waals surface area contributed by atoms with Crippen molar-refractivity contribution in [3.8, 4) is 5.75 Å². The molecule has 0 aliphatic carbocycles. The Balaban J connectivity index is 1.80. The highest BCUT2D eigenvalue weighted by molar-refractivity contribution is 5.76. The predicted molar refractivity (Wildman–Crippen MR) is 101 cm³/mol. The molecule has 25 heavy (non-hydrogen) atoms. The van der Waals surface area contributed by atoms with Gasteiger partial charge in [0.15, 0.2) is 0 Å². The molecular formula is C23H22O2. The fourth-order valence-electron chi connectivity index (χ4n) is 2.77. The molecule has 3 rings (SSSR count). The molecule has 3 aromatic rings. The molecule has 2 nitrogen and oxygen atoms in total. The van der Waals surface area contributed by atoms with E-state index in [1.807, 2.05) is 48.5 Å². The van der Waals surface area contributed by atoms with E-state index >= 15 is 0 Å². The van der Waals surface area contributed by atoms with Crippen LogP contribution in [0.2, 0.25) is 0 Å². The second-order valence-electron chi connectivity index (χ2n) is 6.11. The molecule has 0 fully saturated rings. The maximum atomic E-state index is 11.1. The monoisotopic (exact) mass is 330 g/mol. The summed E-state index contributed by atoms with van der Waals surface area (Å²) in [5.74, 6) is 0.771. The van der Waals surface area contributed by atoms with Gasteiger partial charge in [-0.1, -0.05) is 73.7 Å². The number of benzene rings is 3. The van der Waals surface area contributed by atoms with Gasteiger partial charge in [-0.2, -0.15) is 0 Å². The van der Waals surface area contributed by atoms with Gasteiger partial charge in [0, 0.05) is 12.0 Å². The van der Waals surface area contributed by atoms with Gasteiger partial charge in [-0.15, -0.1) is 0 Å². The summed E-state index contributed by atoms with van der Waals surface area (Å²) in [6.45, 7) is 2.65. The fraction of sp³-hybridized carbons (Fsp3) is 0.174. The Kier molecular flexibility index (Phi) is 5.63. The second kappa shape index (κ2) is 8.29. The molecule has 0 unspecified atom stereocenters. The second-order valence-corrected chi connectivity index (χ2v) is 6.11. The smallest absolute Gasteiger partial charge is 0.150 e. The van der Waals surface area contributed by atoms with Gasteiger partial charge in [-0.05, 0) is 34.7 Å². The molecule has 2 heteroatoms. The zero-order chi connectivity index (χ0) is 17.5. The first-order valence-electron chi connectivity index (χ1n) is 8.61. The number of aryl methyl sites for hydroxylation is 1. The van der Waals surface area contributed by atoms with Crippen molar-refractivity contribution in [3.05, 3.63) is 101 Å². The third kappa shape index (κ3) is 4.57. The lowest BCUT2D eigenvalue weighted by Gasteiger charge is -2.13. The molecule has 3 aromatic carbocycles. The molecule has 0 N–H and O–H groups in total. The van der Waals surface area contributed by atoms with Gasteiger partial charge in [-0.3, -0.25) is 4.79 Å². The fourth-order valence-corrected chi connectivity index (χ4v) is 2.77. The van der Waals surface area contributed by atoms with E-state index in [2.05, 4.69) is 31.2 Å². The average Bonchev–Trinajstić information content (AvgIpc) is 2.68. The summed E-state index contributed by atoms with van der Waals surface area (Å²) >= 11 is 0. The molecule has 0 spiro atoms. The van der Waals surface area contributed by atoms with E-state index in [4.69, 9.17) is 4.74 Å². The van der Waals surface area contributed by atoms with Crippen molar-refractivity contribution in [2.75, 3.05) is 0 Å². The predicted octanol–water partition coefficient (Wildman–Crippen LogP) is 5.23. The van der Waals surface area contributed by atoms with Crippen molar-refractivity contribution >= 4 is 6.29 Å². The van der Waals surface area contributed by atoms with Gasteiger partial charge >= 0.3 is 0 Å². The number of rotatable bonds is 7. The van der Waals surface area contributed by atoms with E-state index in [0.717, 1.165) is 36.0 Å². The van der Waals surface area contributed by atoms with Crippen LogP contribution in [0.1, 0.15) is 39.5 Å². The van der Waals surface area contributed by atoms with Crippen molar-refractivity contribution in [1.82, 2.24) is 0 Å². The lowest BCUT2D eigenvalue weighted by atomic mass is 10.0. The van der Waals surface area contributed by atoms with Gasteiger partial charge in [0.25, 0.3) is 0 Å². The lowest BCUT2D eigenvalue weighted by molar-refractivity contribution is 0.112. The van der Waals surface area contributed by atoms with Crippen molar-refractivity contribution in [3.63, 3.8) is 0 Å². The van der Waals surface area contributed by atoms with Gasteiger partial charge in [0.05, 0.1) is 0 Å². The number of carbonyl (C=O) groups excluding carboxylic acids is 1. The topological polar surface area (TPSA) is 26.3 Å². The Morgan fingerprint density at radius 1 is 0.840 bits per heavy atom. The van der Waals surface area contributed by atoms with E-state index in [-0.39, 0.29) is 0 Å². The maximum Gasteiger partial charge on any atom is 0.150 e. The number of aldehydes is 1. The first-order valence-corrected chi connectivity index (χ1v) is 8.61. The average molecular weight is 330 g/mol. The van der Waals surface area contributed by atoms with Crippen LogP contribution in [0.4, 0.5) is 0 Å². The Morgan fingerprint density at radius 2 is 1.56 bits per heavy atom. The van der Waals surface area contributed by atoms with Crippen LogP contribution in [0.25, 0.3) is 0 Å². The number of carbonyl (C=O) groups is 1. The number of hydrogen-bond acceptors (Lipinski definition) is 2. The molecule has 0 aromatic heterocycles. The summed E-state index contributed by atoms with van der Waals surface area (Å²) < 4.78 is 6.02. The van der Waals surface area contributed by atoms with E-state index in [1.54, 1.807) is 0 Å². The molecule has 0 saturated heterocycles. The van der Waals surface area contributed by atoms with E-state index in [0.29, 0.717) is 12.2 Å². The molecule has 0 saturated carbocycles. The lowest BCUT2D eigenvalue weighted by Crippen LogP contribution is -2.00. The summed E-state index contributed by atoms with van der Waals surface area (Å²) in [5.41, 5.74) is 5.40. The highest BCUT2D eigenvalue weighted by Crippen LogP contribution is 2.24. The molecular weight excluding hydrogens is 308 g/mol. The van der Waals surface area contributed by atoms with E-state index < -0.39 is 0 Å². The molecule has 0 amide bonds. The first-order chi connectivity index (χ1) is 12.3. The van der Waals surface area contributed by atoms with Crippen LogP contribution < -0.4 is 4.74 Å². The van der Waals surface area contributed by atoms with Crippen molar-refractivity contribution in [2.24, 2.45) is 0 Å². The van der Waals surface area contributed by atoms with Crippen molar-refractivity contribution < 1.29 is 9.53 Å². The third-order valence-corrected chi connectivity index (χ3v) is 4.29. The van der Waals surface area contributed by atoms with Gasteiger partial charge in [-0.25, -0.2) is 0 Å². The molecule has 0 radical (unpaired) electrons. The number of ether oxygens (including phenoxy) is 1. The minimum absolute atomic E-state index is 0.491. The van der Waals surface area contributed by atoms with Crippen LogP contribution >= 0.6 is 0 Å². The highest BCUT2D eigenvalue weighted by atomic mass is 16.5. The van der Waals surface area contributed by atoms with E-state index in [9.17, 15) is 4.79 Å². The van der Waals surface area contributed by atoms with Crippen molar-refractivity contribution in [1.29, 1.82) is 0 Å². The quantitative estimate of drug-likeness (QED) is 0.554.